The first-order chi connectivity index (χ1) is 23.0. The zero-order chi connectivity index (χ0) is 36.1. The van der Waals surface area contributed by atoms with E-state index in [0.717, 1.165) is 0 Å². The molecule has 2 rings (SSSR count). The zero-order valence-electron chi connectivity index (χ0n) is 28.0. The summed E-state index contributed by atoms with van der Waals surface area (Å²) in [6, 6.07) is 13.3. The van der Waals surface area contributed by atoms with Crippen LogP contribution >= 0.6 is 0 Å². The highest BCUT2D eigenvalue weighted by Crippen LogP contribution is 2.17. The number of esters is 6. The molecule has 0 fully saturated rings. The first-order valence-corrected chi connectivity index (χ1v) is 14.7. The van der Waals surface area contributed by atoms with Crippen LogP contribution in [-0.2, 0) is 57.2 Å². The first-order valence-electron chi connectivity index (χ1n) is 14.7. The van der Waals surface area contributed by atoms with E-state index in [4.69, 9.17) is 23.7 Å². The van der Waals surface area contributed by atoms with Crippen LogP contribution in [0.5, 0.6) is 5.75 Å². The second-order valence-electron chi connectivity index (χ2n) is 8.98. The van der Waals surface area contributed by atoms with Gasteiger partial charge >= 0.3 is 35.8 Å². The van der Waals surface area contributed by atoms with Crippen LogP contribution in [0.1, 0.15) is 44.4 Å². The van der Waals surface area contributed by atoms with Gasteiger partial charge in [-0.05, 0) is 74.7 Å². The fourth-order valence-corrected chi connectivity index (χ4v) is 3.55. The smallest absolute Gasteiger partial charge is 0.345 e. The van der Waals surface area contributed by atoms with Crippen molar-refractivity contribution in [3.63, 3.8) is 0 Å². The molecule has 0 unspecified atom stereocenters. The zero-order valence-corrected chi connectivity index (χ0v) is 28.0. The van der Waals surface area contributed by atoms with Crippen molar-refractivity contribution in [1.82, 2.24) is 0 Å². The van der Waals surface area contributed by atoms with Crippen LogP contribution in [0.15, 0.2) is 65.3 Å². The minimum absolute atomic E-state index is 0.115. The fraction of sp³-hybridized carbons (Fsp3) is 0.314. The molecule has 0 heterocycles. The van der Waals surface area contributed by atoms with Crippen LogP contribution in [0, 0.1) is 0 Å². The third-order valence-corrected chi connectivity index (χ3v) is 5.78. The molecule has 0 N–H and O–H groups in total. The summed E-state index contributed by atoms with van der Waals surface area (Å²) in [5.41, 5.74) is 1.09. The maximum absolute atomic E-state index is 12.0. The van der Waals surface area contributed by atoms with Crippen molar-refractivity contribution in [2.75, 3.05) is 47.8 Å². The van der Waals surface area contributed by atoms with Crippen LogP contribution in [0.4, 0.5) is 0 Å². The van der Waals surface area contributed by atoms with E-state index >= 15 is 0 Å². The molecular weight excluding hydrogens is 628 g/mol. The topological polar surface area (TPSA) is 167 Å². The Morgan fingerprint density at radius 3 is 0.917 bits per heavy atom. The van der Waals surface area contributed by atoms with E-state index in [1.54, 1.807) is 83.3 Å². The minimum atomic E-state index is -0.785. The maximum Gasteiger partial charge on any atom is 0.345 e. The average molecular weight is 669 g/mol. The maximum atomic E-state index is 12.0. The lowest BCUT2D eigenvalue weighted by Gasteiger charge is -2.08. The van der Waals surface area contributed by atoms with Crippen molar-refractivity contribution >= 4 is 54.0 Å². The van der Waals surface area contributed by atoms with Crippen LogP contribution < -0.4 is 4.74 Å². The molecule has 0 radical (unpaired) electrons. The first kappa shape index (κ1) is 40.3. The normalized spacial score (nSPS) is 9.56. The fourth-order valence-electron chi connectivity index (χ4n) is 3.55. The lowest BCUT2D eigenvalue weighted by molar-refractivity contribution is -0.148. The van der Waals surface area contributed by atoms with Crippen LogP contribution in [0.3, 0.4) is 0 Å². The van der Waals surface area contributed by atoms with Crippen LogP contribution in [-0.4, -0.2) is 83.6 Å². The average Bonchev–Trinajstić information content (AvgIpc) is 3.09. The van der Waals surface area contributed by atoms with Crippen molar-refractivity contribution in [2.24, 2.45) is 0 Å². The second kappa shape index (κ2) is 21.9. The Kier molecular flexibility index (Phi) is 18.4. The number of carbonyl (C=O) groups excluding carboxylic acids is 6. The van der Waals surface area contributed by atoms with Gasteiger partial charge in [0.25, 0.3) is 0 Å². The molecule has 0 aliphatic rings. The molecule has 2 aromatic carbocycles. The highest BCUT2D eigenvalue weighted by molar-refractivity contribution is 6.19. The van der Waals surface area contributed by atoms with Gasteiger partial charge in [0.2, 0.25) is 0 Å². The molecule has 0 saturated carbocycles. The molecule has 0 aliphatic heterocycles. The third-order valence-electron chi connectivity index (χ3n) is 5.78. The SMILES string of the molecule is CCOC(=O)C(=Cc1ccc(C=C(C(=O)OCC)C(=O)OCC)cc1)C(=O)OCC.COC(=O)C(=Cc1ccc(OC)cc1)C(=O)OC. The monoisotopic (exact) mass is 668 g/mol. The van der Waals surface area contributed by atoms with Gasteiger partial charge in [0.1, 0.15) is 22.5 Å². The molecular formula is C35H40O13. The van der Waals surface area contributed by atoms with Gasteiger partial charge in [-0.2, -0.15) is 0 Å². The number of benzene rings is 2. The molecule has 13 nitrogen and oxygen atoms in total. The molecule has 0 aromatic heterocycles. The molecule has 0 spiro atoms. The summed E-state index contributed by atoms with van der Waals surface area (Å²) < 4.78 is 33.6. The number of hydrogen-bond donors (Lipinski definition) is 0. The molecule has 13 heteroatoms. The predicted molar refractivity (Wildman–Crippen MR) is 174 cm³/mol. The van der Waals surface area contributed by atoms with Gasteiger partial charge in [0.05, 0.1) is 47.8 Å². The highest BCUT2D eigenvalue weighted by atomic mass is 16.6. The number of methoxy groups -OCH3 is 3. The Morgan fingerprint density at radius 2 is 0.688 bits per heavy atom. The Balaban J connectivity index is 0.000000544. The van der Waals surface area contributed by atoms with Gasteiger partial charge in [-0.15, -0.1) is 0 Å². The Hall–Kier alpha value is -5.72. The van der Waals surface area contributed by atoms with E-state index in [0.29, 0.717) is 22.4 Å². The van der Waals surface area contributed by atoms with E-state index in [-0.39, 0.29) is 43.1 Å². The van der Waals surface area contributed by atoms with Gasteiger partial charge in [0.15, 0.2) is 0 Å². The summed E-state index contributed by atoms with van der Waals surface area (Å²) in [4.78, 5) is 71.0. The van der Waals surface area contributed by atoms with Crippen molar-refractivity contribution in [3.05, 3.63) is 81.9 Å². The number of carbonyl (C=O) groups is 6. The van der Waals surface area contributed by atoms with E-state index in [9.17, 15) is 28.8 Å². The third kappa shape index (κ3) is 13.3. The molecule has 0 atom stereocenters. The molecule has 258 valence electrons. The van der Waals surface area contributed by atoms with Crippen LogP contribution in [0.25, 0.3) is 18.2 Å². The van der Waals surface area contributed by atoms with E-state index < -0.39 is 35.8 Å². The Morgan fingerprint density at radius 1 is 0.438 bits per heavy atom. The number of rotatable bonds is 14. The number of ether oxygens (including phenoxy) is 7. The van der Waals surface area contributed by atoms with Gasteiger partial charge < -0.3 is 33.2 Å². The van der Waals surface area contributed by atoms with Crippen LogP contribution in [0.2, 0.25) is 0 Å². The summed E-state index contributed by atoms with van der Waals surface area (Å²) in [5.74, 6) is -3.93. The van der Waals surface area contributed by atoms with Gasteiger partial charge in [-0.25, -0.2) is 28.8 Å². The lowest BCUT2D eigenvalue weighted by atomic mass is 10.1. The van der Waals surface area contributed by atoms with Gasteiger partial charge in [0, 0.05) is 0 Å². The number of hydrogen-bond acceptors (Lipinski definition) is 13. The van der Waals surface area contributed by atoms with Crippen molar-refractivity contribution in [1.29, 1.82) is 0 Å². The summed E-state index contributed by atoms with van der Waals surface area (Å²) in [7, 11) is 3.96. The van der Waals surface area contributed by atoms with E-state index in [1.807, 2.05) is 0 Å². The van der Waals surface area contributed by atoms with Gasteiger partial charge in [-0.3, -0.25) is 0 Å². The quantitative estimate of drug-likeness (QED) is 0.0928. The largest absolute Gasteiger partial charge is 0.497 e. The van der Waals surface area contributed by atoms with Crippen molar-refractivity contribution < 1.29 is 61.9 Å². The van der Waals surface area contributed by atoms with Crippen molar-refractivity contribution in [2.45, 2.75) is 27.7 Å². The van der Waals surface area contributed by atoms with Gasteiger partial charge in [-0.1, -0.05) is 36.4 Å². The summed E-state index contributed by atoms with van der Waals surface area (Å²) in [6.07, 6.45) is 4.10. The van der Waals surface area contributed by atoms with Crippen molar-refractivity contribution in [3.8, 4) is 5.75 Å². The molecule has 0 amide bonds. The summed E-state index contributed by atoms with van der Waals surface area (Å²) in [6.45, 7) is 6.99. The predicted octanol–water partition coefficient (Wildman–Crippen LogP) is 4.13. The molecule has 48 heavy (non-hydrogen) atoms. The standard InChI is InChI=1S/C22H26O8.C13H14O5/c1-5-27-19(23)17(20(24)28-6-2)13-15-9-11-16(12-10-15)14-18(21(25)29-7-3)22(26)30-8-4;1-16-10-6-4-9(5-7-10)8-11(12(14)17-2)13(15)18-3/h9-14H,5-8H2,1-4H3;4-8H,1-3H3. The highest BCUT2D eigenvalue weighted by Gasteiger charge is 2.22. The minimum Gasteiger partial charge on any atom is -0.497 e. The molecule has 2 aromatic rings. The Bertz CT molecular complexity index is 1370. The van der Waals surface area contributed by atoms with E-state index in [2.05, 4.69) is 9.47 Å². The summed E-state index contributed by atoms with van der Waals surface area (Å²) in [5, 5.41) is 0. The lowest BCUT2D eigenvalue weighted by Crippen LogP contribution is -2.18. The summed E-state index contributed by atoms with van der Waals surface area (Å²) >= 11 is 0. The second-order valence-corrected chi connectivity index (χ2v) is 8.98. The molecule has 0 aliphatic carbocycles. The molecule has 0 bridgehead atoms. The van der Waals surface area contributed by atoms with E-state index in [1.165, 1.54) is 32.4 Å². The molecule has 0 saturated heterocycles. The Labute approximate surface area is 279 Å².